The molecule has 0 aliphatic rings. The number of nitrogens with two attached hydrogens (primary N) is 1. The summed E-state index contributed by atoms with van der Waals surface area (Å²) in [6.07, 6.45) is 1.54. The number of aromatic nitrogens is 3. The molecule has 0 fully saturated rings. The number of anilines is 3. The minimum Gasteiger partial charge on any atom is -0.461 e. The van der Waals surface area contributed by atoms with Gasteiger partial charge in [-0.15, -0.1) is 11.3 Å². The normalized spacial score (nSPS) is 10.6. The number of nitrogens with one attached hydrogen (secondary N) is 1. The van der Waals surface area contributed by atoms with Gasteiger partial charge in [0.25, 0.3) is 0 Å². The SMILES string of the molecule is CCOC(=O)c1nc(N)sc1-c1csc(Nc2ccc(Cl)cn2)n1. The van der Waals surface area contributed by atoms with E-state index in [0.717, 1.165) is 0 Å². The van der Waals surface area contributed by atoms with Crippen LogP contribution < -0.4 is 11.1 Å². The summed E-state index contributed by atoms with van der Waals surface area (Å²) in [4.78, 5) is 25.2. The Morgan fingerprint density at radius 3 is 2.96 bits per heavy atom. The van der Waals surface area contributed by atoms with Crippen LogP contribution in [0.5, 0.6) is 0 Å². The van der Waals surface area contributed by atoms with E-state index in [4.69, 9.17) is 22.1 Å². The van der Waals surface area contributed by atoms with E-state index in [2.05, 4.69) is 20.3 Å². The molecule has 124 valence electrons. The van der Waals surface area contributed by atoms with E-state index in [-0.39, 0.29) is 17.4 Å². The van der Waals surface area contributed by atoms with Crippen molar-refractivity contribution in [1.82, 2.24) is 15.0 Å². The summed E-state index contributed by atoms with van der Waals surface area (Å²) >= 11 is 8.38. The van der Waals surface area contributed by atoms with Crippen molar-refractivity contribution >= 4 is 56.3 Å². The molecule has 24 heavy (non-hydrogen) atoms. The number of esters is 1. The molecule has 0 saturated heterocycles. The van der Waals surface area contributed by atoms with Crippen LogP contribution in [-0.2, 0) is 4.74 Å². The van der Waals surface area contributed by atoms with Crippen LogP contribution in [-0.4, -0.2) is 27.5 Å². The van der Waals surface area contributed by atoms with Crippen molar-refractivity contribution in [2.24, 2.45) is 0 Å². The van der Waals surface area contributed by atoms with Gasteiger partial charge in [-0.1, -0.05) is 22.9 Å². The van der Waals surface area contributed by atoms with Crippen molar-refractivity contribution in [3.63, 3.8) is 0 Å². The molecule has 3 rings (SSSR count). The van der Waals surface area contributed by atoms with Gasteiger partial charge in [0.2, 0.25) is 0 Å². The molecule has 0 aliphatic carbocycles. The predicted octanol–water partition coefficient (Wildman–Crippen LogP) is 3.82. The summed E-state index contributed by atoms with van der Waals surface area (Å²) in [7, 11) is 0. The smallest absolute Gasteiger partial charge is 0.358 e. The predicted molar refractivity (Wildman–Crippen MR) is 96.1 cm³/mol. The van der Waals surface area contributed by atoms with Crippen molar-refractivity contribution in [3.05, 3.63) is 34.4 Å². The van der Waals surface area contributed by atoms with Crippen LogP contribution in [0, 0.1) is 0 Å². The molecule has 3 heterocycles. The molecule has 10 heteroatoms. The molecule has 0 radical (unpaired) electrons. The number of nitrogens with zero attached hydrogens (tertiary/aromatic N) is 3. The summed E-state index contributed by atoms with van der Waals surface area (Å²) in [6, 6.07) is 3.48. The summed E-state index contributed by atoms with van der Waals surface area (Å²) in [5.74, 6) is 0.108. The van der Waals surface area contributed by atoms with Gasteiger partial charge in [-0.2, -0.15) is 0 Å². The summed E-state index contributed by atoms with van der Waals surface area (Å²) in [5, 5.41) is 6.36. The number of nitrogen functional groups attached to an aromatic ring is 1. The van der Waals surface area contributed by atoms with E-state index in [0.29, 0.717) is 26.5 Å². The molecular weight excluding hydrogens is 370 g/mol. The van der Waals surface area contributed by atoms with Gasteiger partial charge in [0, 0.05) is 11.6 Å². The zero-order chi connectivity index (χ0) is 17.1. The van der Waals surface area contributed by atoms with Gasteiger partial charge in [-0.05, 0) is 19.1 Å². The average Bonchev–Trinajstić information content (AvgIpc) is 3.16. The van der Waals surface area contributed by atoms with E-state index in [1.165, 1.54) is 22.7 Å². The van der Waals surface area contributed by atoms with Crippen LogP contribution >= 0.6 is 34.3 Å². The van der Waals surface area contributed by atoms with Gasteiger partial charge in [0.1, 0.15) is 5.82 Å². The highest BCUT2D eigenvalue weighted by molar-refractivity contribution is 7.19. The second-order valence-electron chi connectivity index (χ2n) is 4.47. The third-order valence-corrected chi connectivity index (χ3v) is 4.70. The highest BCUT2D eigenvalue weighted by atomic mass is 35.5. The first-order valence-corrected chi connectivity index (χ1v) is 8.92. The largest absolute Gasteiger partial charge is 0.461 e. The Kier molecular flexibility index (Phi) is 4.93. The van der Waals surface area contributed by atoms with Crippen molar-refractivity contribution in [2.45, 2.75) is 6.92 Å². The number of carbonyl (C=O) groups is 1. The van der Waals surface area contributed by atoms with E-state index in [9.17, 15) is 4.79 Å². The zero-order valence-corrected chi connectivity index (χ0v) is 14.8. The molecule has 0 aliphatic heterocycles. The van der Waals surface area contributed by atoms with Crippen molar-refractivity contribution in [3.8, 4) is 10.6 Å². The standard InChI is InChI=1S/C14H12ClN5O2S2/c1-2-22-12(21)10-11(24-13(16)20-10)8-6-23-14(18-8)19-9-4-3-7(15)5-17-9/h3-6H,2H2,1H3,(H2,16,20)(H,17,18,19). The summed E-state index contributed by atoms with van der Waals surface area (Å²) in [5.41, 5.74) is 6.52. The van der Waals surface area contributed by atoms with Crippen molar-refractivity contribution in [2.75, 3.05) is 17.7 Å². The number of rotatable bonds is 5. The number of thiazole rings is 2. The molecule has 0 saturated carbocycles. The second-order valence-corrected chi connectivity index (χ2v) is 6.80. The second kappa shape index (κ2) is 7.12. The molecule has 3 aromatic heterocycles. The van der Waals surface area contributed by atoms with Gasteiger partial charge in [-0.25, -0.2) is 19.7 Å². The third kappa shape index (κ3) is 3.64. The Hall–Kier alpha value is -2.23. The molecule has 3 aromatic rings. The van der Waals surface area contributed by atoms with Crippen LogP contribution in [0.2, 0.25) is 5.02 Å². The molecule has 7 nitrogen and oxygen atoms in total. The zero-order valence-electron chi connectivity index (χ0n) is 12.4. The van der Waals surface area contributed by atoms with E-state index in [1.807, 2.05) is 5.38 Å². The van der Waals surface area contributed by atoms with E-state index >= 15 is 0 Å². The summed E-state index contributed by atoms with van der Waals surface area (Å²) in [6.45, 7) is 2.00. The van der Waals surface area contributed by atoms with Crippen LogP contribution in [0.3, 0.4) is 0 Å². The van der Waals surface area contributed by atoms with Gasteiger partial charge < -0.3 is 15.8 Å². The number of hydrogen-bond acceptors (Lipinski definition) is 9. The third-order valence-electron chi connectivity index (χ3n) is 2.81. The lowest BCUT2D eigenvalue weighted by molar-refractivity contribution is 0.0521. The van der Waals surface area contributed by atoms with Gasteiger partial charge >= 0.3 is 5.97 Å². The molecule has 0 amide bonds. The first-order valence-electron chi connectivity index (χ1n) is 6.84. The lowest BCUT2D eigenvalue weighted by atomic mass is 10.3. The van der Waals surface area contributed by atoms with Crippen LogP contribution in [0.4, 0.5) is 16.1 Å². The van der Waals surface area contributed by atoms with Gasteiger partial charge in [0.15, 0.2) is 16.0 Å². The summed E-state index contributed by atoms with van der Waals surface area (Å²) < 4.78 is 5.00. The maximum absolute atomic E-state index is 12.0. The Bertz CT molecular complexity index is 862. The molecule has 0 atom stereocenters. The Morgan fingerprint density at radius 2 is 2.25 bits per heavy atom. The van der Waals surface area contributed by atoms with Gasteiger partial charge in [-0.3, -0.25) is 0 Å². The van der Waals surface area contributed by atoms with Crippen LogP contribution in [0.15, 0.2) is 23.7 Å². The van der Waals surface area contributed by atoms with Gasteiger partial charge in [0.05, 0.1) is 22.2 Å². The number of pyridine rings is 1. The number of carbonyl (C=O) groups excluding carboxylic acids is 1. The van der Waals surface area contributed by atoms with Crippen LogP contribution in [0.25, 0.3) is 10.6 Å². The Labute approximate surface area is 150 Å². The maximum Gasteiger partial charge on any atom is 0.358 e. The molecule has 0 spiro atoms. The van der Waals surface area contributed by atoms with Crippen molar-refractivity contribution < 1.29 is 9.53 Å². The quantitative estimate of drug-likeness (QED) is 0.647. The van der Waals surface area contributed by atoms with Crippen molar-refractivity contribution in [1.29, 1.82) is 0 Å². The monoisotopic (exact) mass is 381 g/mol. The average molecular weight is 382 g/mol. The fourth-order valence-corrected chi connectivity index (χ4v) is 3.52. The minimum absolute atomic E-state index is 0.181. The maximum atomic E-state index is 12.0. The van der Waals surface area contributed by atoms with E-state index in [1.54, 1.807) is 25.3 Å². The Morgan fingerprint density at radius 1 is 1.42 bits per heavy atom. The lowest BCUT2D eigenvalue weighted by Crippen LogP contribution is -2.06. The first-order chi connectivity index (χ1) is 11.6. The minimum atomic E-state index is -0.512. The molecule has 3 N–H and O–H groups in total. The highest BCUT2D eigenvalue weighted by Crippen LogP contribution is 2.34. The molecule has 0 bridgehead atoms. The van der Waals surface area contributed by atoms with E-state index < -0.39 is 5.97 Å². The fraction of sp³-hybridized carbons (Fsp3) is 0.143. The number of hydrogen-bond donors (Lipinski definition) is 2. The van der Waals surface area contributed by atoms with Crippen LogP contribution in [0.1, 0.15) is 17.4 Å². The molecule has 0 unspecified atom stereocenters. The lowest BCUT2D eigenvalue weighted by Gasteiger charge is -2.01. The first kappa shape index (κ1) is 16.6. The molecular formula is C14H12ClN5O2S2. The number of ether oxygens (including phenoxy) is 1. The fourth-order valence-electron chi connectivity index (χ4n) is 1.84. The number of halogens is 1. The Balaban J connectivity index is 1.85. The topological polar surface area (TPSA) is 103 Å². The molecule has 0 aromatic carbocycles. The highest BCUT2D eigenvalue weighted by Gasteiger charge is 2.21.